The van der Waals surface area contributed by atoms with E-state index in [2.05, 4.69) is 27.5 Å². The molecule has 0 fully saturated rings. The average Bonchev–Trinajstić information content (AvgIpc) is 3.38. The number of hydrogen-bond acceptors (Lipinski definition) is 6. The van der Waals surface area contributed by atoms with Crippen molar-refractivity contribution in [3.63, 3.8) is 0 Å². The van der Waals surface area contributed by atoms with Gasteiger partial charge in [-0.15, -0.1) is 0 Å². The molecule has 2 aromatic heterocycles. The molecule has 172 valence electrons. The van der Waals surface area contributed by atoms with Crippen LogP contribution in [0.1, 0.15) is 33.2 Å². The van der Waals surface area contributed by atoms with Crippen LogP contribution in [0.2, 0.25) is 0 Å². The minimum Gasteiger partial charge on any atom is -0.496 e. The van der Waals surface area contributed by atoms with Crippen LogP contribution in [0.15, 0.2) is 79.3 Å². The Morgan fingerprint density at radius 2 is 1.74 bits per heavy atom. The van der Waals surface area contributed by atoms with Crippen LogP contribution in [0.4, 0.5) is 0 Å². The molecule has 0 bridgehead atoms. The summed E-state index contributed by atoms with van der Waals surface area (Å²) in [5.74, 6) is -0.0615. The van der Waals surface area contributed by atoms with E-state index in [4.69, 9.17) is 9.47 Å². The van der Waals surface area contributed by atoms with Crippen LogP contribution in [0.5, 0.6) is 5.75 Å². The Bertz CT molecular complexity index is 1280. The van der Waals surface area contributed by atoms with Gasteiger partial charge in [-0.25, -0.2) is 14.5 Å². The number of carbonyl (C=O) groups excluding carboxylic acids is 2. The van der Waals surface area contributed by atoms with Crippen molar-refractivity contribution < 1.29 is 19.1 Å². The third kappa shape index (κ3) is 5.12. The van der Waals surface area contributed by atoms with Gasteiger partial charge in [0.2, 0.25) is 0 Å². The number of nitrogens with one attached hydrogen (secondary N) is 1. The Balaban J connectivity index is 1.41. The summed E-state index contributed by atoms with van der Waals surface area (Å²) in [6.45, 7) is 2.36. The number of nitrogens with zero attached hydrogens (tertiary/aromatic N) is 3. The molecular weight excluding hydrogens is 432 g/mol. The van der Waals surface area contributed by atoms with E-state index >= 15 is 0 Å². The highest BCUT2D eigenvalue weighted by Gasteiger charge is 2.17. The lowest BCUT2D eigenvalue weighted by molar-refractivity contribution is 0.0522. The molecule has 4 rings (SSSR count). The van der Waals surface area contributed by atoms with Crippen LogP contribution in [0.25, 0.3) is 16.9 Å². The number of ether oxygens (including phenoxy) is 2. The quantitative estimate of drug-likeness (QED) is 0.402. The highest BCUT2D eigenvalue weighted by Crippen LogP contribution is 2.22. The van der Waals surface area contributed by atoms with Gasteiger partial charge < -0.3 is 14.8 Å². The largest absolute Gasteiger partial charge is 0.496 e. The van der Waals surface area contributed by atoms with Gasteiger partial charge in [0.15, 0.2) is 5.82 Å². The molecule has 0 atom stereocenters. The molecule has 0 saturated heterocycles. The number of esters is 1. The highest BCUT2D eigenvalue weighted by atomic mass is 16.5. The number of carbonyl (C=O) groups is 2. The molecule has 0 aliphatic carbocycles. The summed E-state index contributed by atoms with van der Waals surface area (Å²) in [6, 6.07) is 19.7. The molecule has 2 heterocycles. The molecule has 2 aromatic carbocycles. The van der Waals surface area contributed by atoms with Gasteiger partial charge in [-0.1, -0.05) is 54.6 Å². The van der Waals surface area contributed by atoms with Crippen LogP contribution < -0.4 is 10.1 Å². The van der Waals surface area contributed by atoms with Gasteiger partial charge in [0.25, 0.3) is 5.91 Å². The smallest absolute Gasteiger partial charge is 0.343 e. The molecular formula is C26H24N4O4. The van der Waals surface area contributed by atoms with Gasteiger partial charge in [-0.2, -0.15) is 5.10 Å². The van der Waals surface area contributed by atoms with Gasteiger partial charge in [0.05, 0.1) is 25.5 Å². The second-order valence-corrected chi connectivity index (χ2v) is 7.38. The lowest BCUT2D eigenvalue weighted by atomic mass is 10.0. The van der Waals surface area contributed by atoms with Crippen LogP contribution >= 0.6 is 0 Å². The number of pyridine rings is 1. The molecule has 0 aliphatic heterocycles. The first-order valence-electron chi connectivity index (χ1n) is 10.8. The summed E-state index contributed by atoms with van der Waals surface area (Å²) in [4.78, 5) is 28.9. The van der Waals surface area contributed by atoms with Crippen LogP contribution in [0.3, 0.4) is 0 Å². The van der Waals surface area contributed by atoms with Crippen molar-refractivity contribution >= 4 is 11.9 Å². The number of amides is 1. The van der Waals surface area contributed by atoms with Crippen LogP contribution in [-0.2, 0) is 11.3 Å². The monoisotopic (exact) mass is 456 g/mol. The predicted molar refractivity (Wildman–Crippen MR) is 127 cm³/mol. The van der Waals surface area contributed by atoms with Gasteiger partial charge >= 0.3 is 5.97 Å². The summed E-state index contributed by atoms with van der Waals surface area (Å²) in [5, 5.41) is 7.12. The lowest BCUT2D eigenvalue weighted by Gasteiger charge is -2.09. The zero-order valence-electron chi connectivity index (χ0n) is 18.9. The van der Waals surface area contributed by atoms with Crippen molar-refractivity contribution in [2.45, 2.75) is 13.5 Å². The van der Waals surface area contributed by atoms with E-state index in [9.17, 15) is 9.59 Å². The van der Waals surface area contributed by atoms with Gasteiger partial charge in [0, 0.05) is 25.0 Å². The maximum absolute atomic E-state index is 12.6. The van der Waals surface area contributed by atoms with Crippen molar-refractivity contribution in [1.29, 1.82) is 0 Å². The topological polar surface area (TPSA) is 95.3 Å². The van der Waals surface area contributed by atoms with Gasteiger partial charge in [-0.05, 0) is 23.6 Å². The molecule has 8 heteroatoms. The summed E-state index contributed by atoms with van der Waals surface area (Å²) in [6.07, 6.45) is 4.40. The minimum atomic E-state index is -0.518. The number of hydrogen-bond donors (Lipinski definition) is 1. The summed E-state index contributed by atoms with van der Waals surface area (Å²) < 4.78 is 11.7. The van der Waals surface area contributed by atoms with Gasteiger partial charge in [-0.3, -0.25) is 4.79 Å². The van der Waals surface area contributed by atoms with Crippen molar-refractivity contribution in [1.82, 2.24) is 20.1 Å². The van der Waals surface area contributed by atoms with E-state index in [-0.39, 0.29) is 18.1 Å². The van der Waals surface area contributed by atoms with Crippen LogP contribution in [0, 0.1) is 0 Å². The number of aromatic nitrogens is 3. The van der Waals surface area contributed by atoms with Crippen molar-refractivity contribution in [3.05, 3.63) is 95.9 Å². The predicted octanol–water partition coefficient (Wildman–Crippen LogP) is 4.05. The zero-order chi connectivity index (χ0) is 23.9. The zero-order valence-corrected chi connectivity index (χ0v) is 18.9. The molecule has 1 amide bonds. The molecule has 0 saturated carbocycles. The number of benzene rings is 2. The van der Waals surface area contributed by atoms with Gasteiger partial charge in [0.1, 0.15) is 11.3 Å². The first kappa shape index (κ1) is 22.7. The number of rotatable bonds is 8. The van der Waals surface area contributed by atoms with E-state index in [0.29, 0.717) is 23.7 Å². The van der Waals surface area contributed by atoms with Crippen molar-refractivity contribution in [2.75, 3.05) is 13.7 Å². The second kappa shape index (κ2) is 10.4. The fourth-order valence-corrected chi connectivity index (χ4v) is 3.38. The molecule has 0 unspecified atom stereocenters. The Kier molecular flexibility index (Phi) is 6.98. The maximum Gasteiger partial charge on any atom is 0.343 e. The van der Waals surface area contributed by atoms with Crippen molar-refractivity contribution in [3.8, 4) is 22.7 Å². The third-order valence-electron chi connectivity index (χ3n) is 5.16. The minimum absolute atomic E-state index is 0.219. The first-order chi connectivity index (χ1) is 16.6. The molecule has 0 radical (unpaired) electrons. The Labute approximate surface area is 197 Å². The Morgan fingerprint density at radius 3 is 2.44 bits per heavy atom. The van der Waals surface area contributed by atoms with E-state index < -0.39 is 5.97 Å². The van der Waals surface area contributed by atoms with E-state index in [1.165, 1.54) is 24.2 Å². The van der Waals surface area contributed by atoms with E-state index in [1.54, 1.807) is 19.2 Å². The molecule has 8 nitrogen and oxygen atoms in total. The number of methoxy groups -OCH3 is 1. The third-order valence-corrected chi connectivity index (χ3v) is 5.16. The first-order valence-corrected chi connectivity index (χ1v) is 10.8. The summed E-state index contributed by atoms with van der Waals surface area (Å²) in [7, 11) is 1.45. The molecule has 34 heavy (non-hydrogen) atoms. The molecule has 4 aromatic rings. The molecule has 1 N–H and O–H groups in total. The average molecular weight is 457 g/mol. The Hall–Kier alpha value is -4.46. The fourth-order valence-electron chi connectivity index (χ4n) is 3.38. The molecule has 0 spiro atoms. The summed E-state index contributed by atoms with van der Waals surface area (Å²) >= 11 is 0. The maximum atomic E-state index is 12.6. The lowest BCUT2D eigenvalue weighted by Crippen LogP contribution is -2.22. The van der Waals surface area contributed by atoms with E-state index in [0.717, 1.165) is 16.7 Å². The van der Waals surface area contributed by atoms with Crippen molar-refractivity contribution in [2.24, 2.45) is 0 Å². The fraction of sp³-hybridized carbons (Fsp3) is 0.154. The standard InChI is InChI=1S/C26H24N4O4/c1-3-34-26(32)22-16-27-24(13-23(22)33-2)30-17-21(15-29-30)25(31)28-14-18-9-11-20(12-10-18)19-7-5-4-6-8-19/h4-13,15-17H,3,14H2,1-2H3,(H,28,31). The Morgan fingerprint density at radius 1 is 1.00 bits per heavy atom. The molecule has 0 aliphatic rings. The highest BCUT2D eigenvalue weighted by molar-refractivity contribution is 5.94. The summed E-state index contributed by atoms with van der Waals surface area (Å²) in [5.41, 5.74) is 3.86. The van der Waals surface area contributed by atoms with E-state index in [1.807, 2.05) is 42.5 Å². The SMILES string of the molecule is CCOC(=O)c1cnc(-n2cc(C(=O)NCc3ccc(-c4ccccc4)cc3)cn2)cc1OC. The van der Waals surface area contributed by atoms with Crippen LogP contribution in [-0.4, -0.2) is 40.4 Å². The second-order valence-electron chi connectivity index (χ2n) is 7.38. The normalized spacial score (nSPS) is 10.5.